The Balaban J connectivity index is 2.51. The van der Waals surface area contributed by atoms with Gasteiger partial charge in [-0.25, -0.2) is 9.18 Å². The minimum Gasteiger partial charge on any atom is -0.478 e. The SMILES string of the molecule is O=C(O)c1c(N2CCCC2)ccc(Br)c1F. The lowest BCUT2D eigenvalue weighted by atomic mass is 10.1. The summed E-state index contributed by atoms with van der Waals surface area (Å²) >= 11 is 3.00. The Morgan fingerprint density at radius 3 is 2.56 bits per heavy atom. The van der Waals surface area contributed by atoms with Gasteiger partial charge in [0.2, 0.25) is 0 Å². The van der Waals surface area contributed by atoms with Gasteiger partial charge in [-0.15, -0.1) is 0 Å². The summed E-state index contributed by atoms with van der Waals surface area (Å²) in [5, 5.41) is 9.04. The minimum absolute atomic E-state index is 0.188. The van der Waals surface area contributed by atoms with Crippen molar-refractivity contribution in [2.45, 2.75) is 12.8 Å². The van der Waals surface area contributed by atoms with E-state index in [1.165, 1.54) is 0 Å². The minimum atomic E-state index is -1.22. The number of halogens is 2. The molecule has 1 aromatic rings. The topological polar surface area (TPSA) is 40.5 Å². The second kappa shape index (κ2) is 4.41. The molecule has 0 spiro atoms. The van der Waals surface area contributed by atoms with Crippen molar-refractivity contribution in [1.29, 1.82) is 0 Å². The summed E-state index contributed by atoms with van der Waals surface area (Å²) < 4.78 is 13.9. The number of aromatic carboxylic acids is 1. The van der Waals surface area contributed by atoms with Gasteiger partial charge in [0.15, 0.2) is 5.82 Å². The highest BCUT2D eigenvalue weighted by molar-refractivity contribution is 9.10. The average molecular weight is 288 g/mol. The zero-order valence-electron chi connectivity index (χ0n) is 8.54. The molecule has 5 heteroatoms. The van der Waals surface area contributed by atoms with Gasteiger partial charge in [-0.05, 0) is 40.9 Å². The molecular formula is C11H11BrFNO2. The third-order valence-corrected chi connectivity index (χ3v) is 3.35. The molecule has 0 aliphatic carbocycles. The van der Waals surface area contributed by atoms with Crippen LogP contribution in [0.25, 0.3) is 0 Å². The highest BCUT2D eigenvalue weighted by Crippen LogP contribution is 2.30. The van der Waals surface area contributed by atoms with Crippen LogP contribution in [-0.4, -0.2) is 24.2 Å². The van der Waals surface area contributed by atoms with Crippen molar-refractivity contribution in [3.8, 4) is 0 Å². The number of carbonyl (C=O) groups is 1. The monoisotopic (exact) mass is 287 g/mol. The van der Waals surface area contributed by atoms with Crippen LogP contribution in [0.3, 0.4) is 0 Å². The maximum Gasteiger partial charge on any atom is 0.340 e. The Labute approximate surface area is 101 Å². The van der Waals surface area contributed by atoms with Crippen LogP contribution < -0.4 is 4.90 Å². The van der Waals surface area contributed by atoms with Crippen molar-refractivity contribution in [2.24, 2.45) is 0 Å². The van der Waals surface area contributed by atoms with E-state index in [4.69, 9.17) is 5.11 Å². The van der Waals surface area contributed by atoms with Crippen LogP contribution in [0.1, 0.15) is 23.2 Å². The van der Waals surface area contributed by atoms with Gasteiger partial charge in [0.25, 0.3) is 0 Å². The van der Waals surface area contributed by atoms with Gasteiger partial charge in [0.1, 0.15) is 5.56 Å². The first kappa shape index (κ1) is 11.4. The Morgan fingerprint density at radius 2 is 2.00 bits per heavy atom. The molecule has 1 saturated heterocycles. The van der Waals surface area contributed by atoms with Crippen LogP contribution >= 0.6 is 15.9 Å². The molecule has 1 heterocycles. The molecule has 0 aromatic heterocycles. The number of benzene rings is 1. The number of hydrogen-bond acceptors (Lipinski definition) is 2. The van der Waals surface area contributed by atoms with Gasteiger partial charge in [-0.1, -0.05) is 0 Å². The second-order valence-corrected chi connectivity index (χ2v) is 4.61. The van der Waals surface area contributed by atoms with E-state index in [0.717, 1.165) is 25.9 Å². The van der Waals surface area contributed by atoms with Crippen molar-refractivity contribution >= 4 is 27.6 Å². The summed E-state index contributed by atoms with van der Waals surface area (Å²) in [6, 6.07) is 3.21. The standard InChI is InChI=1S/C11H11BrFNO2/c12-7-3-4-8(14-5-1-2-6-14)9(10(7)13)11(15)16/h3-4H,1-2,5-6H2,(H,15,16). The van der Waals surface area contributed by atoms with E-state index in [-0.39, 0.29) is 10.0 Å². The molecule has 0 amide bonds. The fraction of sp³-hybridized carbons (Fsp3) is 0.364. The van der Waals surface area contributed by atoms with Gasteiger partial charge in [0, 0.05) is 13.1 Å². The fourth-order valence-corrected chi connectivity index (χ4v) is 2.30. The zero-order chi connectivity index (χ0) is 11.7. The van der Waals surface area contributed by atoms with Crippen LogP contribution in [0.2, 0.25) is 0 Å². The zero-order valence-corrected chi connectivity index (χ0v) is 10.1. The first-order chi connectivity index (χ1) is 7.61. The summed E-state index contributed by atoms with van der Waals surface area (Å²) in [5.41, 5.74) is 0.238. The predicted octanol–water partition coefficient (Wildman–Crippen LogP) is 2.89. The van der Waals surface area contributed by atoms with Crippen LogP contribution in [0.5, 0.6) is 0 Å². The molecule has 0 saturated carbocycles. The fourth-order valence-electron chi connectivity index (χ4n) is 1.97. The van der Waals surface area contributed by atoms with E-state index in [1.807, 2.05) is 4.90 Å². The van der Waals surface area contributed by atoms with Gasteiger partial charge in [0.05, 0.1) is 10.2 Å². The summed E-state index contributed by atoms with van der Waals surface area (Å²) in [4.78, 5) is 13.0. The Morgan fingerprint density at radius 1 is 1.38 bits per heavy atom. The van der Waals surface area contributed by atoms with E-state index < -0.39 is 11.8 Å². The van der Waals surface area contributed by atoms with Crippen molar-refractivity contribution in [1.82, 2.24) is 0 Å². The van der Waals surface area contributed by atoms with Crippen molar-refractivity contribution < 1.29 is 14.3 Å². The largest absolute Gasteiger partial charge is 0.478 e. The van der Waals surface area contributed by atoms with Gasteiger partial charge in [-0.2, -0.15) is 0 Å². The normalized spacial score (nSPS) is 15.5. The first-order valence-corrected chi connectivity index (χ1v) is 5.87. The number of hydrogen-bond donors (Lipinski definition) is 1. The number of rotatable bonds is 2. The Bertz CT molecular complexity index is 430. The molecule has 0 unspecified atom stereocenters. The van der Waals surface area contributed by atoms with E-state index in [1.54, 1.807) is 12.1 Å². The lowest BCUT2D eigenvalue weighted by Gasteiger charge is -2.20. The predicted molar refractivity (Wildman–Crippen MR) is 62.5 cm³/mol. The van der Waals surface area contributed by atoms with Crippen LogP contribution in [-0.2, 0) is 0 Å². The third kappa shape index (κ3) is 1.91. The van der Waals surface area contributed by atoms with Crippen LogP contribution in [0.15, 0.2) is 16.6 Å². The number of carboxylic acid groups (broad SMARTS) is 1. The molecule has 1 aliphatic heterocycles. The first-order valence-electron chi connectivity index (χ1n) is 5.07. The summed E-state index contributed by atoms with van der Waals surface area (Å²) in [5.74, 6) is -1.92. The number of nitrogens with zero attached hydrogens (tertiary/aromatic N) is 1. The maximum absolute atomic E-state index is 13.7. The van der Waals surface area contributed by atoms with Gasteiger partial charge >= 0.3 is 5.97 Å². The molecule has 1 N–H and O–H groups in total. The smallest absolute Gasteiger partial charge is 0.340 e. The Kier molecular flexibility index (Phi) is 3.14. The van der Waals surface area contributed by atoms with Gasteiger partial charge in [-0.3, -0.25) is 0 Å². The molecular weight excluding hydrogens is 277 g/mol. The summed E-state index contributed by atoms with van der Waals surface area (Å²) in [7, 11) is 0. The molecule has 16 heavy (non-hydrogen) atoms. The molecule has 1 aliphatic rings. The molecule has 86 valence electrons. The Hall–Kier alpha value is -1.10. The van der Waals surface area contributed by atoms with Gasteiger partial charge < -0.3 is 10.0 Å². The van der Waals surface area contributed by atoms with Crippen LogP contribution in [0, 0.1) is 5.82 Å². The summed E-state index contributed by atoms with van der Waals surface area (Å²) in [6.07, 6.45) is 2.05. The van der Waals surface area contributed by atoms with Crippen molar-refractivity contribution in [3.63, 3.8) is 0 Å². The maximum atomic E-state index is 13.7. The average Bonchev–Trinajstić information content (AvgIpc) is 2.74. The molecule has 0 bridgehead atoms. The third-order valence-electron chi connectivity index (χ3n) is 2.73. The lowest BCUT2D eigenvalue weighted by Crippen LogP contribution is -2.21. The highest BCUT2D eigenvalue weighted by Gasteiger charge is 2.23. The van der Waals surface area contributed by atoms with Crippen molar-refractivity contribution in [2.75, 3.05) is 18.0 Å². The van der Waals surface area contributed by atoms with E-state index in [9.17, 15) is 9.18 Å². The molecule has 1 fully saturated rings. The second-order valence-electron chi connectivity index (χ2n) is 3.75. The number of anilines is 1. The molecule has 0 atom stereocenters. The van der Waals surface area contributed by atoms with E-state index >= 15 is 0 Å². The number of carboxylic acids is 1. The van der Waals surface area contributed by atoms with Crippen molar-refractivity contribution in [3.05, 3.63) is 28.0 Å². The van der Waals surface area contributed by atoms with E-state index in [2.05, 4.69) is 15.9 Å². The van der Waals surface area contributed by atoms with Crippen LogP contribution in [0.4, 0.5) is 10.1 Å². The molecule has 0 radical (unpaired) electrons. The lowest BCUT2D eigenvalue weighted by molar-refractivity contribution is 0.0692. The molecule has 2 rings (SSSR count). The highest BCUT2D eigenvalue weighted by atomic mass is 79.9. The molecule has 1 aromatic carbocycles. The molecule has 3 nitrogen and oxygen atoms in total. The summed E-state index contributed by atoms with van der Waals surface area (Å²) in [6.45, 7) is 1.59. The van der Waals surface area contributed by atoms with E-state index in [0.29, 0.717) is 5.69 Å². The quantitative estimate of drug-likeness (QED) is 0.909.